The van der Waals surface area contributed by atoms with Gasteiger partial charge in [-0.1, -0.05) is 11.6 Å². The second-order valence-electron chi connectivity index (χ2n) is 6.23. The Morgan fingerprint density at radius 1 is 0.882 bits per heavy atom. The van der Waals surface area contributed by atoms with Gasteiger partial charge in [0.2, 0.25) is 0 Å². The lowest BCUT2D eigenvalue weighted by atomic mass is 10.1. The summed E-state index contributed by atoms with van der Waals surface area (Å²) < 4.78 is 124. The molecule has 0 fully saturated rings. The third-order valence-corrected chi connectivity index (χ3v) is 7.25. The number of rotatable bonds is 6. The number of alkyl halides is 6. The highest BCUT2D eigenvalue weighted by atomic mass is 35.5. The molecule has 184 valence electrons. The number of halogens is 7. The summed E-state index contributed by atoms with van der Waals surface area (Å²) in [6.45, 7) is 0. The molecular formula is C16H9ClF6N4O4S3. The summed E-state index contributed by atoms with van der Waals surface area (Å²) in [6, 6.07) is 5.67. The maximum absolute atomic E-state index is 12.7. The lowest BCUT2D eigenvalue weighted by Crippen LogP contribution is -2.30. The van der Waals surface area contributed by atoms with Crippen molar-refractivity contribution < 1.29 is 43.2 Å². The predicted octanol–water partition coefficient (Wildman–Crippen LogP) is 5.05. The molecule has 3 rings (SSSR count). The molecule has 0 saturated heterocycles. The van der Waals surface area contributed by atoms with E-state index in [0.29, 0.717) is 0 Å². The van der Waals surface area contributed by atoms with Crippen molar-refractivity contribution in [1.29, 1.82) is 0 Å². The van der Waals surface area contributed by atoms with Crippen LogP contribution in [0.3, 0.4) is 0 Å². The van der Waals surface area contributed by atoms with Crippen molar-refractivity contribution in [3.8, 4) is 21.8 Å². The molecule has 2 heterocycles. The molecule has 18 heteroatoms. The van der Waals surface area contributed by atoms with Gasteiger partial charge in [0.15, 0.2) is 0 Å². The van der Waals surface area contributed by atoms with Crippen LogP contribution >= 0.6 is 22.9 Å². The van der Waals surface area contributed by atoms with Crippen molar-refractivity contribution in [3.05, 3.63) is 46.9 Å². The summed E-state index contributed by atoms with van der Waals surface area (Å²) in [5.74, 6) is -0.635. The Balaban J connectivity index is 1.93. The van der Waals surface area contributed by atoms with Crippen LogP contribution in [-0.2, 0) is 20.0 Å². The first kappa shape index (κ1) is 26.0. The van der Waals surface area contributed by atoms with Crippen molar-refractivity contribution in [3.63, 3.8) is 0 Å². The van der Waals surface area contributed by atoms with Gasteiger partial charge in [0.25, 0.3) is 0 Å². The van der Waals surface area contributed by atoms with Crippen LogP contribution in [0.15, 0.2) is 41.9 Å². The summed E-state index contributed by atoms with van der Waals surface area (Å²) in [5, 5.41) is 1.25. The highest BCUT2D eigenvalue weighted by Crippen LogP contribution is 2.37. The fourth-order valence-electron chi connectivity index (χ4n) is 2.36. The number of pyridine rings is 1. The zero-order valence-electron chi connectivity index (χ0n) is 15.9. The van der Waals surface area contributed by atoms with Gasteiger partial charge in [-0.25, -0.2) is 9.97 Å². The molecule has 0 atom stereocenters. The fourth-order valence-corrected chi connectivity index (χ4v) is 4.57. The largest absolute Gasteiger partial charge is 0.516 e. The lowest BCUT2D eigenvalue weighted by molar-refractivity contribution is -0.0435. The van der Waals surface area contributed by atoms with Gasteiger partial charge in [0.05, 0.1) is 22.0 Å². The van der Waals surface area contributed by atoms with Crippen LogP contribution in [0.1, 0.15) is 0 Å². The first-order chi connectivity index (χ1) is 15.5. The van der Waals surface area contributed by atoms with Crippen molar-refractivity contribution in [2.45, 2.75) is 11.0 Å². The predicted molar refractivity (Wildman–Crippen MR) is 113 cm³/mol. The summed E-state index contributed by atoms with van der Waals surface area (Å²) in [6.07, 6.45) is 1.06. The number of nitrogens with zero attached hydrogens (tertiary/aromatic N) is 2. The molecule has 1 aromatic carbocycles. The van der Waals surface area contributed by atoms with E-state index in [2.05, 4.69) is 9.97 Å². The highest BCUT2D eigenvalue weighted by Gasteiger charge is 2.47. The topological polar surface area (TPSA) is 118 Å². The normalized spacial score (nSPS) is 13.0. The molecule has 0 aliphatic carbocycles. The smallest absolute Gasteiger partial charge is 0.276 e. The first-order valence-corrected chi connectivity index (χ1v) is 12.6. The number of sulfonamides is 2. The van der Waals surface area contributed by atoms with E-state index in [1.165, 1.54) is 33.0 Å². The molecule has 2 aromatic heterocycles. The van der Waals surface area contributed by atoms with Gasteiger partial charge in [-0.05, 0) is 30.3 Å². The Kier molecular flexibility index (Phi) is 6.77. The summed E-state index contributed by atoms with van der Waals surface area (Å²) in [4.78, 5) is 7.78. The average molecular weight is 567 g/mol. The van der Waals surface area contributed by atoms with Crippen LogP contribution in [0.5, 0.6) is 0 Å². The van der Waals surface area contributed by atoms with Gasteiger partial charge in [0, 0.05) is 17.1 Å². The minimum absolute atomic E-state index is 0.0425. The van der Waals surface area contributed by atoms with Gasteiger partial charge in [-0.2, -0.15) is 43.2 Å². The molecule has 8 nitrogen and oxygen atoms in total. The number of aromatic nitrogens is 2. The molecular weight excluding hydrogens is 558 g/mol. The number of thiazole rings is 1. The summed E-state index contributed by atoms with van der Waals surface area (Å²) in [7, 11) is -11.4. The molecule has 0 aliphatic rings. The van der Waals surface area contributed by atoms with Crippen LogP contribution in [-0.4, -0.2) is 37.8 Å². The number of anilines is 2. The monoisotopic (exact) mass is 566 g/mol. The third-order valence-electron chi connectivity index (χ3n) is 3.88. The molecule has 0 aliphatic heterocycles. The van der Waals surface area contributed by atoms with Crippen LogP contribution in [0, 0.1) is 0 Å². The van der Waals surface area contributed by atoms with Crippen LogP contribution < -0.4 is 9.44 Å². The second-order valence-corrected chi connectivity index (χ2v) is 10.8. The standard InChI is InChI=1S/C16H9ClF6N4O4S3/c17-11-6-8(26-33(28,29)15(18,19)20)3-4-9(11)12-7-32-14(25-12)10-2-1-5-24-13(10)27-34(30,31)16(21,22)23/h1-7,26H,(H,24,27). The summed E-state index contributed by atoms with van der Waals surface area (Å²) in [5.41, 5.74) is -11.4. The Labute approximate surface area is 196 Å². The van der Waals surface area contributed by atoms with Crippen molar-refractivity contribution in [1.82, 2.24) is 9.97 Å². The third kappa shape index (κ3) is 5.37. The molecule has 0 saturated carbocycles. The fraction of sp³-hybridized carbons (Fsp3) is 0.125. The van der Waals surface area contributed by atoms with E-state index in [1.807, 2.05) is 0 Å². The maximum Gasteiger partial charge on any atom is 0.516 e. The average Bonchev–Trinajstić information content (AvgIpc) is 3.15. The van der Waals surface area contributed by atoms with E-state index < -0.39 is 42.6 Å². The van der Waals surface area contributed by atoms with E-state index in [4.69, 9.17) is 11.6 Å². The SMILES string of the molecule is O=S(=O)(Nc1ccc(-c2csc(-c3cccnc3NS(=O)(=O)C(F)(F)F)n2)c(Cl)c1)C(F)(F)F. The molecule has 2 N–H and O–H groups in total. The van der Waals surface area contributed by atoms with Crippen molar-refractivity contribution >= 4 is 54.5 Å². The van der Waals surface area contributed by atoms with Gasteiger partial charge in [-0.3, -0.25) is 9.44 Å². The number of nitrogens with one attached hydrogen (secondary N) is 2. The molecule has 0 unspecified atom stereocenters. The Morgan fingerprint density at radius 3 is 2.09 bits per heavy atom. The van der Waals surface area contributed by atoms with Gasteiger partial charge in [0.1, 0.15) is 10.8 Å². The first-order valence-electron chi connectivity index (χ1n) is 8.41. The van der Waals surface area contributed by atoms with E-state index >= 15 is 0 Å². The van der Waals surface area contributed by atoms with Crippen LogP contribution in [0.25, 0.3) is 21.8 Å². The van der Waals surface area contributed by atoms with E-state index in [-0.39, 0.29) is 26.9 Å². The molecule has 0 spiro atoms. The van der Waals surface area contributed by atoms with E-state index in [0.717, 1.165) is 29.7 Å². The van der Waals surface area contributed by atoms with Gasteiger partial charge in [-0.15, -0.1) is 11.3 Å². The molecule has 0 amide bonds. The molecule has 3 aromatic rings. The Morgan fingerprint density at radius 2 is 1.50 bits per heavy atom. The molecule has 0 radical (unpaired) electrons. The van der Waals surface area contributed by atoms with E-state index in [9.17, 15) is 43.2 Å². The maximum atomic E-state index is 12.7. The van der Waals surface area contributed by atoms with Crippen molar-refractivity contribution in [2.75, 3.05) is 9.44 Å². The zero-order chi connectivity index (χ0) is 25.5. The Hall–Kier alpha value is -2.63. The highest BCUT2D eigenvalue weighted by molar-refractivity contribution is 7.93. The number of benzene rings is 1. The molecule has 0 bridgehead atoms. The van der Waals surface area contributed by atoms with E-state index in [1.54, 1.807) is 0 Å². The molecule has 34 heavy (non-hydrogen) atoms. The van der Waals surface area contributed by atoms with Crippen LogP contribution in [0.2, 0.25) is 5.02 Å². The lowest BCUT2D eigenvalue weighted by Gasteiger charge is -2.12. The number of hydrogen-bond donors (Lipinski definition) is 2. The van der Waals surface area contributed by atoms with Crippen molar-refractivity contribution in [2.24, 2.45) is 0 Å². The second kappa shape index (κ2) is 8.86. The quantitative estimate of drug-likeness (QED) is 0.403. The minimum Gasteiger partial charge on any atom is -0.276 e. The number of hydrogen-bond acceptors (Lipinski definition) is 7. The van der Waals surface area contributed by atoms with Gasteiger partial charge < -0.3 is 0 Å². The van der Waals surface area contributed by atoms with Gasteiger partial charge >= 0.3 is 31.1 Å². The van der Waals surface area contributed by atoms with Crippen LogP contribution in [0.4, 0.5) is 37.8 Å². The minimum atomic E-state index is -5.76. The Bertz CT molecular complexity index is 1440. The summed E-state index contributed by atoms with van der Waals surface area (Å²) >= 11 is 6.94. The zero-order valence-corrected chi connectivity index (χ0v) is 19.1.